The number of fused-ring (bicyclic) bond motifs is 4. The van der Waals surface area contributed by atoms with Crippen molar-refractivity contribution in [3.63, 3.8) is 0 Å². The summed E-state index contributed by atoms with van der Waals surface area (Å²) in [4.78, 5) is 61.4. The van der Waals surface area contributed by atoms with Gasteiger partial charge < -0.3 is 24.1 Å². The first-order valence-electron chi connectivity index (χ1n) is 16.4. The van der Waals surface area contributed by atoms with Crippen LogP contribution in [-0.2, 0) is 19.1 Å². The number of nitrogens with zero attached hydrogens (tertiary/aromatic N) is 5. The zero-order valence-corrected chi connectivity index (χ0v) is 28.3. The summed E-state index contributed by atoms with van der Waals surface area (Å²) in [5.41, 5.74) is 1.02. The first-order chi connectivity index (χ1) is 23.0. The zero-order chi connectivity index (χ0) is 35.3. The highest BCUT2D eigenvalue weighted by Gasteiger charge is 2.64. The molecule has 4 atom stereocenters. The Morgan fingerprint density at radius 2 is 1.10 bits per heavy atom. The quantitative estimate of drug-likeness (QED) is 0.397. The average molecular weight is 676 g/mol. The van der Waals surface area contributed by atoms with E-state index in [1.807, 2.05) is 41.5 Å². The van der Waals surface area contributed by atoms with Crippen LogP contribution in [0.2, 0.25) is 0 Å². The molecule has 0 aliphatic carbocycles. The molecule has 258 valence electrons. The van der Waals surface area contributed by atoms with Crippen molar-refractivity contribution in [2.45, 2.75) is 89.9 Å². The third-order valence-electron chi connectivity index (χ3n) is 9.64. The molecule has 2 N–H and O–H groups in total. The fourth-order valence-electron chi connectivity index (χ4n) is 7.96. The van der Waals surface area contributed by atoms with E-state index in [1.165, 1.54) is 6.20 Å². The van der Waals surface area contributed by atoms with Gasteiger partial charge in [0.15, 0.2) is 34.9 Å². The summed E-state index contributed by atoms with van der Waals surface area (Å²) in [7, 11) is 0. The van der Waals surface area contributed by atoms with Crippen LogP contribution >= 0.6 is 0 Å². The molecular weight excluding hydrogens is 634 g/mol. The smallest absolute Gasteiger partial charge is 0.426 e. The van der Waals surface area contributed by atoms with Crippen molar-refractivity contribution < 1.29 is 43.3 Å². The molecule has 1 aromatic heterocycles. The molecule has 6 aliphatic rings. The summed E-state index contributed by atoms with van der Waals surface area (Å²) in [6, 6.07) is -2.20. The SMILES string of the molecule is CC(C)(C)O[C@@H]1C[C@@H](C(=O)[N+]2(c3cnc([N+]4(C(=O)[C@@H]5C[C@@H](OC(C)(C)C)CN5C(=O)O)C5=CC=C4C=C5)o3)C3=CC=C2C=C3)N(C(=O)O)C1. The molecule has 49 heavy (non-hydrogen) atoms. The second-order valence-corrected chi connectivity index (χ2v) is 15.1. The van der Waals surface area contributed by atoms with Crippen LogP contribution in [0.15, 0.2) is 82.0 Å². The number of ether oxygens (including phenoxy) is 2. The predicted octanol–water partition coefficient (Wildman–Crippen LogP) is 4.92. The Labute approximate surface area is 283 Å². The van der Waals surface area contributed by atoms with E-state index >= 15 is 0 Å². The van der Waals surface area contributed by atoms with Gasteiger partial charge in [-0.3, -0.25) is 9.80 Å². The van der Waals surface area contributed by atoms with Crippen LogP contribution in [0.3, 0.4) is 0 Å². The van der Waals surface area contributed by atoms with Crippen molar-refractivity contribution >= 4 is 35.9 Å². The summed E-state index contributed by atoms with van der Waals surface area (Å²) in [5.74, 6) is -0.859. The molecule has 1 aromatic rings. The molecule has 0 saturated carbocycles. The number of carboxylic acid groups (broad SMARTS) is 2. The van der Waals surface area contributed by atoms with Gasteiger partial charge in [0.25, 0.3) is 0 Å². The molecule has 2 fully saturated rings. The number of allylic oxidation sites excluding steroid dienone is 8. The van der Waals surface area contributed by atoms with Crippen LogP contribution in [0, 0.1) is 0 Å². The molecule has 0 aromatic carbocycles. The number of oxazole rings is 1. The van der Waals surface area contributed by atoms with Crippen LogP contribution in [0.4, 0.5) is 21.5 Å². The maximum Gasteiger partial charge on any atom is 0.426 e. The van der Waals surface area contributed by atoms with Crippen molar-refractivity contribution in [3.8, 4) is 0 Å². The van der Waals surface area contributed by atoms with Gasteiger partial charge in [-0.15, -0.1) is 8.97 Å². The highest BCUT2D eigenvalue weighted by Crippen LogP contribution is 2.51. The van der Waals surface area contributed by atoms with E-state index in [9.17, 15) is 29.4 Å². The van der Waals surface area contributed by atoms with Crippen LogP contribution < -0.4 is 8.97 Å². The second kappa shape index (κ2) is 10.9. The van der Waals surface area contributed by atoms with Crippen molar-refractivity contribution in [1.29, 1.82) is 0 Å². The lowest BCUT2D eigenvalue weighted by molar-refractivity contribution is -0.131. The average Bonchev–Trinajstić information content (AvgIpc) is 3.85. The molecule has 0 unspecified atom stereocenters. The number of amides is 4. The lowest BCUT2D eigenvalue weighted by Gasteiger charge is -2.32. The zero-order valence-electron chi connectivity index (χ0n) is 28.3. The summed E-state index contributed by atoms with van der Waals surface area (Å²) < 4.78 is 17.6. The van der Waals surface area contributed by atoms with E-state index in [1.54, 1.807) is 48.6 Å². The number of hydrogen-bond acceptors (Lipinski definition) is 8. The number of quaternary nitrogens is 2. The van der Waals surface area contributed by atoms with E-state index in [0.717, 1.165) is 9.80 Å². The third-order valence-corrected chi connectivity index (χ3v) is 9.64. The minimum atomic E-state index is -1.24. The van der Waals surface area contributed by atoms with Gasteiger partial charge in [-0.2, -0.15) is 4.98 Å². The minimum Gasteiger partial charge on any atom is -0.465 e. The molecule has 7 heterocycles. The monoisotopic (exact) mass is 675 g/mol. The lowest BCUT2D eigenvalue weighted by Crippen LogP contribution is -2.57. The first-order valence-corrected chi connectivity index (χ1v) is 16.4. The fraction of sp³-hybridized carbons (Fsp3) is 0.457. The fourth-order valence-corrected chi connectivity index (χ4v) is 7.96. The van der Waals surface area contributed by atoms with E-state index in [4.69, 9.17) is 13.9 Å². The van der Waals surface area contributed by atoms with Gasteiger partial charge in [0.1, 0.15) is 6.20 Å². The topological polar surface area (TPSA) is 160 Å². The summed E-state index contributed by atoms with van der Waals surface area (Å²) in [5, 5.41) is 20.3. The number of aromatic nitrogens is 1. The van der Waals surface area contributed by atoms with Crippen molar-refractivity contribution in [1.82, 2.24) is 23.7 Å². The molecule has 2 saturated heterocycles. The normalized spacial score (nSPS) is 27.5. The maximum absolute atomic E-state index is 14.8. The molecule has 14 heteroatoms. The standard InChI is InChI=1S/C35H39N5O9/c1-34(2,3)48-24-15-26(37(18-24)32(43)44)29(41)39(20-7-8-21(39)10-9-20)28-17-36-31(47-28)40(22-11-12-23(40)14-13-22)30(42)27-16-25(49-35(4,5)6)19-38(27)33(45)46/h7-14,17,24-27H,15-16,18-19H2,1-6H3/p+2/t24-,25-,26+,27+/m1/s1. The van der Waals surface area contributed by atoms with Gasteiger partial charge >= 0.3 is 35.9 Å². The molecule has 14 nitrogen and oxygen atoms in total. The van der Waals surface area contributed by atoms with Gasteiger partial charge in [0.2, 0.25) is 0 Å². The first kappa shape index (κ1) is 32.9. The Kier molecular flexibility index (Phi) is 7.34. The number of likely N-dealkylation sites (tertiary alicyclic amines) is 2. The van der Waals surface area contributed by atoms with Crippen LogP contribution in [0.25, 0.3) is 0 Å². The molecule has 4 amide bonds. The molecule has 4 bridgehead atoms. The van der Waals surface area contributed by atoms with Crippen molar-refractivity contribution in [2.75, 3.05) is 13.1 Å². The third kappa shape index (κ3) is 4.96. The van der Waals surface area contributed by atoms with Crippen molar-refractivity contribution in [3.05, 3.63) is 77.6 Å². The largest absolute Gasteiger partial charge is 0.465 e. The molecular formula is C35H41N5O9+2. The Balaban J connectivity index is 1.28. The minimum absolute atomic E-state index is 0.0231. The predicted molar refractivity (Wildman–Crippen MR) is 176 cm³/mol. The Morgan fingerprint density at radius 3 is 1.47 bits per heavy atom. The summed E-state index contributed by atoms with van der Waals surface area (Å²) >= 11 is 0. The number of hydrogen-bond donors (Lipinski definition) is 2. The lowest BCUT2D eigenvalue weighted by atomic mass is 10.1. The Hall–Kier alpha value is -4.63. The van der Waals surface area contributed by atoms with Gasteiger partial charge in [-0.05, 0) is 41.5 Å². The van der Waals surface area contributed by atoms with Crippen LogP contribution in [-0.4, -0.2) is 97.6 Å². The highest BCUT2D eigenvalue weighted by atomic mass is 16.5. The van der Waals surface area contributed by atoms with Gasteiger partial charge in [0, 0.05) is 61.4 Å². The highest BCUT2D eigenvalue weighted by molar-refractivity contribution is 6.03. The van der Waals surface area contributed by atoms with E-state index in [2.05, 4.69) is 4.98 Å². The molecule has 6 aliphatic heterocycles. The van der Waals surface area contributed by atoms with Gasteiger partial charge in [0.05, 0.1) is 36.5 Å². The molecule has 0 spiro atoms. The molecule has 7 rings (SSSR count). The Morgan fingerprint density at radius 1 is 0.714 bits per heavy atom. The van der Waals surface area contributed by atoms with Crippen molar-refractivity contribution in [2.24, 2.45) is 0 Å². The van der Waals surface area contributed by atoms with Gasteiger partial charge in [-0.1, -0.05) is 0 Å². The van der Waals surface area contributed by atoms with E-state index < -0.39 is 68.5 Å². The second-order valence-electron chi connectivity index (χ2n) is 15.1. The van der Waals surface area contributed by atoms with E-state index in [0.29, 0.717) is 22.8 Å². The van der Waals surface area contributed by atoms with Crippen LogP contribution in [0.5, 0.6) is 0 Å². The number of carbonyl (C=O) groups is 4. The summed E-state index contributed by atoms with van der Waals surface area (Å²) in [6.07, 6.45) is 12.4. The Bertz CT molecular complexity index is 1670. The molecule has 0 radical (unpaired) electrons. The van der Waals surface area contributed by atoms with Crippen LogP contribution in [0.1, 0.15) is 54.4 Å². The maximum atomic E-state index is 14.8. The summed E-state index contributed by atoms with van der Waals surface area (Å²) in [6.45, 7) is 11.3. The van der Waals surface area contributed by atoms with Gasteiger partial charge in [-0.25, -0.2) is 19.2 Å². The van der Waals surface area contributed by atoms with E-state index in [-0.39, 0.29) is 37.8 Å². The number of carbonyl (C=O) groups excluding carboxylic acids is 2. The number of rotatable bonds is 6.